The summed E-state index contributed by atoms with van der Waals surface area (Å²) in [6, 6.07) is 15.8. The summed E-state index contributed by atoms with van der Waals surface area (Å²) in [5.74, 6) is 0.453. The minimum Gasteiger partial charge on any atom is -0.271 e. The molecule has 0 saturated heterocycles. The van der Waals surface area contributed by atoms with Gasteiger partial charge in [-0.25, -0.2) is 9.18 Å². The van der Waals surface area contributed by atoms with Crippen molar-refractivity contribution >= 4 is 0 Å². The maximum Gasteiger partial charge on any atom is 0.351 e. The smallest absolute Gasteiger partial charge is 0.271 e. The second-order valence-corrected chi connectivity index (χ2v) is 5.42. The average molecular weight is 325 g/mol. The van der Waals surface area contributed by atoms with Gasteiger partial charge in [0.15, 0.2) is 0 Å². The number of aryl methyl sites for hydroxylation is 1. The molecule has 3 aromatic rings. The minimum absolute atomic E-state index is 0.0258. The number of aromatic nitrogens is 3. The molecule has 0 bridgehead atoms. The zero-order valence-corrected chi connectivity index (χ0v) is 13.8. The fraction of sp³-hybridized carbons (Fsp3) is 0.263. The zero-order chi connectivity index (χ0) is 17.1. The second kappa shape index (κ2) is 6.83. The molecule has 0 radical (unpaired) electrons. The Morgan fingerprint density at radius 1 is 1.04 bits per heavy atom. The third kappa shape index (κ3) is 2.77. The Morgan fingerprint density at radius 2 is 1.71 bits per heavy atom. The lowest BCUT2D eigenvalue weighted by Crippen LogP contribution is -2.26. The van der Waals surface area contributed by atoms with Crippen LogP contribution >= 0.6 is 0 Å². The van der Waals surface area contributed by atoms with Crippen LogP contribution in [0.5, 0.6) is 0 Å². The molecule has 1 aliphatic rings. The van der Waals surface area contributed by atoms with Crippen LogP contribution in [0, 0.1) is 5.82 Å². The highest BCUT2D eigenvalue weighted by Crippen LogP contribution is 2.29. The van der Waals surface area contributed by atoms with E-state index in [-0.39, 0.29) is 17.5 Å². The van der Waals surface area contributed by atoms with Crippen molar-refractivity contribution < 1.29 is 4.39 Å². The molecule has 0 aliphatic carbocycles. The first-order valence-corrected chi connectivity index (χ1v) is 8.25. The first-order chi connectivity index (χ1) is 11.7. The van der Waals surface area contributed by atoms with Gasteiger partial charge in [-0.2, -0.15) is 4.68 Å². The van der Waals surface area contributed by atoms with Gasteiger partial charge in [0.1, 0.15) is 11.6 Å². The molecule has 5 heteroatoms. The fourth-order valence-electron chi connectivity index (χ4n) is 3.04. The lowest BCUT2D eigenvalue weighted by Gasteiger charge is -2.11. The van der Waals surface area contributed by atoms with Gasteiger partial charge < -0.3 is 0 Å². The Morgan fingerprint density at radius 3 is 2.38 bits per heavy atom. The van der Waals surface area contributed by atoms with Crippen LogP contribution < -0.4 is 5.69 Å². The maximum absolute atomic E-state index is 13.0. The van der Waals surface area contributed by atoms with Gasteiger partial charge in [-0.3, -0.25) is 4.57 Å². The van der Waals surface area contributed by atoms with Crippen molar-refractivity contribution in [2.45, 2.75) is 32.7 Å². The molecule has 2 aromatic carbocycles. The Balaban J connectivity index is 0.000000815. The molecule has 24 heavy (non-hydrogen) atoms. The fourth-order valence-corrected chi connectivity index (χ4v) is 3.04. The molecule has 0 spiro atoms. The summed E-state index contributed by atoms with van der Waals surface area (Å²) in [5.41, 5.74) is 1.52. The van der Waals surface area contributed by atoms with E-state index in [1.54, 1.807) is 16.7 Å². The third-order valence-corrected chi connectivity index (χ3v) is 4.09. The lowest BCUT2D eigenvalue weighted by atomic mass is 10.1. The predicted molar refractivity (Wildman–Crippen MR) is 92.0 cm³/mol. The number of hydrogen-bond acceptors (Lipinski definition) is 2. The quantitative estimate of drug-likeness (QED) is 0.720. The standard InChI is InChI=1S/C17H14FN3O.C2H6/c18-13-6-8-14(9-7-13)21-17(22)20-15(10-11-16(20)19-21)12-4-2-1-3-5-12;1-2/h1-9,15H,10-11H2;1-2H3. The number of fused-ring (bicyclic) bond motifs is 1. The summed E-state index contributed by atoms with van der Waals surface area (Å²) < 4.78 is 16.1. The van der Waals surface area contributed by atoms with Crippen LogP contribution in [0.15, 0.2) is 59.4 Å². The molecule has 1 aliphatic heterocycles. The van der Waals surface area contributed by atoms with Crippen molar-refractivity contribution in [2.75, 3.05) is 0 Å². The van der Waals surface area contributed by atoms with Crippen LogP contribution in [0.3, 0.4) is 0 Å². The Kier molecular flexibility index (Phi) is 4.60. The van der Waals surface area contributed by atoms with E-state index >= 15 is 0 Å². The van der Waals surface area contributed by atoms with Crippen LogP contribution in [-0.4, -0.2) is 14.3 Å². The summed E-state index contributed by atoms with van der Waals surface area (Å²) in [5, 5.41) is 4.41. The Labute approximate surface area is 140 Å². The van der Waals surface area contributed by atoms with Crippen molar-refractivity contribution in [3.63, 3.8) is 0 Å². The van der Waals surface area contributed by atoms with E-state index in [1.807, 2.05) is 44.2 Å². The summed E-state index contributed by atoms with van der Waals surface area (Å²) in [7, 11) is 0. The van der Waals surface area contributed by atoms with E-state index < -0.39 is 0 Å². The lowest BCUT2D eigenvalue weighted by molar-refractivity contribution is 0.587. The number of halogens is 1. The van der Waals surface area contributed by atoms with Gasteiger partial charge in [0.25, 0.3) is 0 Å². The summed E-state index contributed by atoms with van der Waals surface area (Å²) in [6.45, 7) is 4.00. The molecule has 0 saturated carbocycles. The van der Waals surface area contributed by atoms with Crippen molar-refractivity contribution in [1.29, 1.82) is 0 Å². The normalized spacial score (nSPS) is 15.5. The number of nitrogens with zero attached hydrogens (tertiary/aromatic N) is 3. The molecule has 4 rings (SSSR count). The molecule has 0 fully saturated rings. The molecule has 2 heterocycles. The molecular formula is C19H20FN3O. The van der Waals surface area contributed by atoms with Gasteiger partial charge in [-0.05, 0) is 36.2 Å². The molecule has 0 N–H and O–H groups in total. The molecule has 0 amide bonds. The SMILES string of the molecule is CC.O=c1n(-c2ccc(F)cc2)nc2n1C(c1ccccc1)CC2. The highest BCUT2D eigenvalue weighted by Gasteiger charge is 2.29. The predicted octanol–water partition coefficient (Wildman–Crippen LogP) is 3.73. The Hall–Kier alpha value is -2.69. The van der Waals surface area contributed by atoms with E-state index in [4.69, 9.17) is 0 Å². The van der Waals surface area contributed by atoms with Gasteiger partial charge in [0, 0.05) is 6.42 Å². The van der Waals surface area contributed by atoms with Crippen LogP contribution in [0.1, 0.15) is 37.7 Å². The van der Waals surface area contributed by atoms with Crippen LogP contribution in [0.4, 0.5) is 4.39 Å². The van der Waals surface area contributed by atoms with E-state index in [2.05, 4.69) is 5.10 Å². The van der Waals surface area contributed by atoms with Gasteiger partial charge in [-0.15, -0.1) is 5.10 Å². The summed E-state index contributed by atoms with van der Waals surface area (Å²) in [6.07, 6.45) is 1.65. The Bertz CT molecular complexity index is 866. The third-order valence-electron chi connectivity index (χ3n) is 4.09. The van der Waals surface area contributed by atoms with Crippen molar-refractivity contribution in [3.05, 3.63) is 82.3 Å². The van der Waals surface area contributed by atoms with Crippen molar-refractivity contribution in [2.24, 2.45) is 0 Å². The zero-order valence-electron chi connectivity index (χ0n) is 13.8. The number of rotatable bonds is 2. The number of benzene rings is 2. The minimum atomic E-state index is -0.328. The van der Waals surface area contributed by atoms with Crippen molar-refractivity contribution in [3.8, 4) is 5.69 Å². The highest BCUT2D eigenvalue weighted by molar-refractivity contribution is 5.31. The van der Waals surface area contributed by atoms with E-state index in [0.29, 0.717) is 5.69 Å². The molecule has 4 nitrogen and oxygen atoms in total. The van der Waals surface area contributed by atoms with E-state index in [1.165, 1.54) is 16.8 Å². The molecule has 1 unspecified atom stereocenters. The molecule has 124 valence electrons. The van der Waals surface area contributed by atoms with Gasteiger partial charge in [0.05, 0.1) is 11.7 Å². The molecular weight excluding hydrogens is 305 g/mol. The molecule has 1 atom stereocenters. The first kappa shape index (κ1) is 16.2. The maximum atomic E-state index is 13.0. The van der Waals surface area contributed by atoms with E-state index in [0.717, 1.165) is 24.2 Å². The van der Waals surface area contributed by atoms with Gasteiger partial charge >= 0.3 is 5.69 Å². The van der Waals surface area contributed by atoms with Crippen LogP contribution in [-0.2, 0) is 6.42 Å². The van der Waals surface area contributed by atoms with Crippen molar-refractivity contribution in [1.82, 2.24) is 14.3 Å². The summed E-state index contributed by atoms with van der Waals surface area (Å²) in [4.78, 5) is 12.7. The van der Waals surface area contributed by atoms with Gasteiger partial charge in [0.2, 0.25) is 0 Å². The monoisotopic (exact) mass is 325 g/mol. The van der Waals surface area contributed by atoms with Crippen LogP contribution in [0.25, 0.3) is 5.69 Å². The number of hydrogen-bond donors (Lipinski definition) is 0. The van der Waals surface area contributed by atoms with Gasteiger partial charge in [-0.1, -0.05) is 44.2 Å². The largest absolute Gasteiger partial charge is 0.351 e. The summed E-state index contributed by atoms with van der Waals surface area (Å²) >= 11 is 0. The first-order valence-electron chi connectivity index (χ1n) is 8.25. The second-order valence-electron chi connectivity index (χ2n) is 5.42. The van der Waals surface area contributed by atoms with Crippen LogP contribution in [0.2, 0.25) is 0 Å². The average Bonchev–Trinajstić information content (AvgIpc) is 3.19. The highest BCUT2D eigenvalue weighted by atomic mass is 19.1. The van der Waals surface area contributed by atoms with E-state index in [9.17, 15) is 9.18 Å². The topological polar surface area (TPSA) is 39.8 Å². The molecule has 1 aromatic heterocycles.